The minimum Gasteiger partial charge on any atom is -0.369 e. The molecule has 1 spiro atoms. The van der Waals surface area contributed by atoms with Crippen LogP contribution in [0.5, 0.6) is 0 Å². The van der Waals surface area contributed by atoms with Crippen molar-refractivity contribution in [3.05, 3.63) is 35.9 Å². The summed E-state index contributed by atoms with van der Waals surface area (Å²) in [6, 6.07) is 10.6. The van der Waals surface area contributed by atoms with Crippen LogP contribution >= 0.6 is 0 Å². The van der Waals surface area contributed by atoms with E-state index < -0.39 is 5.41 Å². The first-order chi connectivity index (χ1) is 13.3. The zero-order chi connectivity index (χ0) is 20.0. The molecule has 0 radical (unpaired) electrons. The van der Waals surface area contributed by atoms with Crippen molar-refractivity contribution in [3.8, 4) is 0 Å². The van der Waals surface area contributed by atoms with Gasteiger partial charge in [-0.15, -0.1) is 0 Å². The van der Waals surface area contributed by atoms with E-state index in [9.17, 15) is 9.59 Å². The van der Waals surface area contributed by atoms with Gasteiger partial charge in [0.1, 0.15) is 0 Å². The Bertz CT molecular complexity index is 749. The Morgan fingerprint density at radius 2 is 1.75 bits per heavy atom. The molecule has 6 heteroatoms. The van der Waals surface area contributed by atoms with Gasteiger partial charge in [0.25, 0.3) is 0 Å². The van der Waals surface area contributed by atoms with Crippen LogP contribution in [-0.4, -0.2) is 54.5 Å². The smallest absolute Gasteiger partial charge is 0.318 e. The van der Waals surface area contributed by atoms with E-state index in [1.165, 1.54) is 5.56 Å². The van der Waals surface area contributed by atoms with Gasteiger partial charge in [-0.2, -0.15) is 0 Å². The first-order valence-electron chi connectivity index (χ1n) is 10.4. The van der Waals surface area contributed by atoms with Gasteiger partial charge in [0.05, 0.1) is 11.0 Å². The molecule has 3 N–H and O–H groups in total. The maximum Gasteiger partial charge on any atom is 0.318 e. The number of rotatable bonds is 5. The largest absolute Gasteiger partial charge is 0.369 e. The number of amides is 3. The summed E-state index contributed by atoms with van der Waals surface area (Å²) >= 11 is 0. The van der Waals surface area contributed by atoms with Crippen LogP contribution in [0, 0.1) is 5.41 Å². The van der Waals surface area contributed by atoms with Crippen LogP contribution in [0.1, 0.15) is 50.5 Å². The highest BCUT2D eigenvalue weighted by Gasteiger charge is 2.55. The molecule has 1 saturated heterocycles. The lowest BCUT2D eigenvalue weighted by molar-refractivity contribution is -0.134. The lowest BCUT2D eigenvalue weighted by Gasteiger charge is -2.52. The van der Waals surface area contributed by atoms with Gasteiger partial charge in [0.15, 0.2) is 0 Å². The van der Waals surface area contributed by atoms with Gasteiger partial charge < -0.3 is 16.0 Å². The molecule has 1 aliphatic heterocycles. The third-order valence-corrected chi connectivity index (χ3v) is 7.86. The SMILES string of the molecule is CN(C)[C@]1(c2ccccc2)CC[C@]2(CC1)CNC(=O)N2CC1(C(N)=O)CCC1. The van der Waals surface area contributed by atoms with E-state index in [-0.39, 0.29) is 23.0 Å². The van der Waals surface area contributed by atoms with Crippen LogP contribution in [0.15, 0.2) is 30.3 Å². The molecule has 2 aliphatic carbocycles. The highest BCUT2D eigenvalue weighted by atomic mass is 16.2. The number of hydrogen-bond acceptors (Lipinski definition) is 3. The molecule has 0 bridgehead atoms. The minimum atomic E-state index is -0.524. The maximum atomic E-state index is 12.7. The molecule has 152 valence electrons. The molecule has 6 nitrogen and oxygen atoms in total. The summed E-state index contributed by atoms with van der Waals surface area (Å²) < 4.78 is 0. The predicted molar refractivity (Wildman–Crippen MR) is 109 cm³/mol. The molecule has 1 aromatic carbocycles. The van der Waals surface area contributed by atoms with Crippen molar-refractivity contribution in [3.63, 3.8) is 0 Å². The lowest BCUT2D eigenvalue weighted by atomic mass is 9.65. The number of nitrogens with two attached hydrogens (primary N) is 1. The molecule has 0 aromatic heterocycles. The van der Waals surface area contributed by atoms with E-state index in [0.717, 1.165) is 44.9 Å². The third-order valence-electron chi connectivity index (χ3n) is 7.86. The summed E-state index contributed by atoms with van der Waals surface area (Å²) in [4.78, 5) is 29.1. The van der Waals surface area contributed by atoms with Gasteiger partial charge in [0.2, 0.25) is 5.91 Å². The number of hydrogen-bond donors (Lipinski definition) is 2. The number of primary amides is 1. The van der Waals surface area contributed by atoms with Crippen LogP contribution < -0.4 is 11.1 Å². The Morgan fingerprint density at radius 1 is 1.11 bits per heavy atom. The van der Waals surface area contributed by atoms with Crippen molar-refractivity contribution in [2.24, 2.45) is 11.1 Å². The van der Waals surface area contributed by atoms with Crippen LogP contribution in [0.2, 0.25) is 0 Å². The quantitative estimate of drug-likeness (QED) is 0.818. The Morgan fingerprint density at radius 3 is 2.25 bits per heavy atom. The van der Waals surface area contributed by atoms with Gasteiger partial charge >= 0.3 is 6.03 Å². The molecular formula is C22H32N4O2. The fourth-order valence-corrected chi connectivity index (χ4v) is 5.59. The van der Waals surface area contributed by atoms with Crippen molar-refractivity contribution in [2.75, 3.05) is 27.2 Å². The van der Waals surface area contributed by atoms with E-state index in [1.807, 2.05) is 4.90 Å². The fraction of sp³-hybridized carbons (Fsp3) is 0.636. The summed E-state index contributed by atoms with van der Waals surface area (Å²) in [7, 11) is 4.30. The highest BCUT2D eigenvalue weighted by Crippen LogP contribution is 2.50. The number of benzene rings is 1. The van der Waals surface area contributed by atoms with Gasteiger partial charge in [0, 0.05) is 18.6 Å². The van der Waals surface area contributed by atoms with Crippen molar-refractivity contribution >= 4 is 11.9 Å². The molecule has 1 aromatic rings. The summed E-state index contributed by atoms with van der Waals surface area (Å²) in [5.74, 6) is -0.253. The second-order valence-electron chi connectivity index (χ2n) is 9.26. The van der Waals surface area contributed by atoms with E-state index in [1.54, 1.807) is 0 Å². The van der Waals surface area contributed by atoms with E-state index >= 15 is 0 Å². The predicted octanol–water partition coefficient (Wildman–Crippen LogP) is 2.44. The average molecular weight is 385 g/mol. The molecule has 3 amide bonds. The standard InChI is InChI=1S/C22H32N4O2/c1-25(2)22(17-7-4-3-5-8-17)13-11-21(12-14-22)15-24-19(28)26(21)16-20(18(23)27)9-6-10-20/h3-5,7-8H,6,9-16H2,1-2H3,(H2,23,27)(H,24,28)/t21-,22+. The molecule has 2 saturated carbocycles. The average Bonchev–Trinajstić information content (AvgIpc) is 2.95. The zero-order valence-electron chi connectivity index (χ0n) is 17.0. The maximum absolute atomic E-state index is 12.7. The Labute approximate surface area is 167 Å². The number of nitrogens with zero attached hydrogens (tertiary/aromatic N) is 2. The van der Waals surface area contributed by atoms with Gasteiger partial charge in [-0.25, -0.2) is 4.79 Å². The minimum absolute atomic E-state index is 0.0122. The van der Waals surface area contributed by atoms with Crippen LogP contribution in [-0.2, 0) is 10.3 Å². The van der Waals surface area contributed by atoms with Crippen molar-refractivity contribution < 1.29 is 9.59 Å². The fourth-order valence-electron chi connectivity index (χ4n) is 5.59. The molecule has 0 atom stereocenters. The number of nitrogens with one attached hydrogen (secondary N) is 1. The molecule has 3 fully saturated rings. The lowest BCUT2D eigenvalue weighted by Crippen LogP contribution is -2.60. The van der Waals surface area contributed by atoms with Gasteiger partial charge in [-0.1, -0.05) is 36.8 Å². The number of carbonyl (C=O) groups is 2. The van der Waals surface area contributed by atoms with Crippen LogP contribution in [0.3, 0.4) is 0 Å². The first kappa shape index (κ1) is 19.2. The molecule has 0 unspecified atom stereocenters. The second kappa shape index (κ2) is 6.76. The topological polar surface area (TPSA) is 78.7 Å². The summed E-state index contributed by atoms with van der Waals surface area (Å²) in [5, 5.41) is 3.06. The van der Waals surface area contributed by atoms with Crippen molar-refractivity contribution in [1.82, 2.24) is 15.1 Å². The van der Waals surface area contributed by atoms with Crippen molar-refractivity contribution in [1.29, 1.82) is 0 Å². The van der Waals surface area contributed by atoms with E-state index in [0.29, 0.717) is 13.1 Å². The van der Waals surface area contributed by atoms with Crippen LogP contribution in [0.25, 0.3) is 0 Å². The summed E-state index contributed by atoms with van der Waals surface area (Å²) in [5.41, 5.74) is 6.33. The summed E-state index contributed by atoms with van der Waals surface area (Å²) in [6.45, 7) is 1.13. The molecular weight excluding hydrogens is 352 g/mol. The monoisotopic (exact) mass is 384 g/mol. The Hall–Kier alpha value is -2.08. The Balaban J connectivity index is 1.58. The summed E-state index contributed by atoms with van der Waals surface area (Å²) in [6.07, 6.45) is 6.43. The van der Waals surface area contributed by atoms with Gasteiger partial charge in [-0.3, -0.25) is 9.69 Å². The van der Waals surface area contributed by atoms with Crippen LogP contribution in [0.4, 0.5) is 4.79 Å². The Kier molecular flexibility index (Phi) is 4.65. The molecule has 28 heavy (non-hydrogen) atoms. The molecule has 4 rings (SSSR count). The van der Waals surface area contributed by atoms with Crippen molar-refractivity contribution in [2.45, 2.75) is 56.0 Å². The first-order valence-corrected chi connectivity index (χ1v) is 10.4. The molecule has 3 aliphatic rings. The highest BCUT2D eigenvalue weighted by molar-refractivity contribution is 5.84. The van der Waals surface area contributed by atoms with Gasteiger partial charge in [-0.05, 0) is 58.2 Å². The second-order valence-corrected chi connectivity index (χ2v) is 9.26. The third kappa shape index (κ3) is 2.81. The number of carbonyl (C=O) groups excluding carboxylic acids is 2. The number of urea groups is 1. The van der Waals surface area contributed by atoms with E-state index in [2.05, 4.69) is 54.6 Å². The van der Waals surface area contributed by atoms with E-state index in [4.69, 9.17) is 5.73 Å². The normalized spacial score (nSPS) is 31.7. The zero-order valence-corrected chi connectivity index (χ0v) is 17.0. The molecule has 1 heterocycles.